The fraction of sp³-hybridized carbons (Fsp3) is 0.345. The van der Waals surface area contributed by atoms with E-state index in [1.165, 1.54) is 34.4 Å². The highest BCUT2D eigenvalue weighted by Crippen LogP contribution is 2.23. The lowest BCUT2D eigenvalue weighted by molar-refractivity contribution is 0.245. The van der Waals surface area contributed by atoms with Crippen molar-refractivity contribution in [3.8, 4) is 0 Å². The number of nitrogens with zero attached hydrogens (tertiary/aromatic N) is 2. The maximum Gasteiger partial charge on any atom is 0.0902 e. The number of aryl methyl sites for hydroxylation is 1. The van der Waals surface area contributed by atoms with Crippen molar-refractivity contribution in [3.05, 3.63) is 107 Å². The van der Waals surface area contributed by atoms with Gasteiger partial charge in [-0.3, -0.25) is 9.88 Å². The van der Waals surface area contributed by atoms with E-state index in [0.29, 0.717) is 0 Å². The number of rotatable bonds is 10. The molecule has 0 fully saturated rings. The molecule has 166 valence electrons. The summed E-state index contributed by atoms with van der Waals surface area (Å²) in [5.74, 6) is 0. The minimum atomic E-state index is 0.939. The first-order valence-corrected chi connectivity index (χ1v) is 12.0. The van der Waals surface area contributed by atoms with Crippen molar-refractivity contribution >= 4 is 5.70 Å². The van der Waals surface area contributed by atoms with E-state index in [-0.39, 0.29) is 0 Å². The van der Waals surface area contributed by atoms with Crippen LogP contribution in [0.3, 0.4) is 0 Å². The summed E-state index contributed by atoms with van der Waals surface area (Å²) in [4.78, 5) is 7.34. The third-order valence-corrected chi connectivity index (χ3v) is 6.21. The van der Waals surface area contributed by atoms with E-state index in [1.54, 1.807) is 0 Å². The highest BCUT2D eigenvalue weighted by Gasteiger charge is 2.18. The third kappa shape index (κ3) is 6.08. The average Bonchev–Trinajstić information content (AvgIpc) is 2.84. The first kappa shape index (κ1) is 22.3. The van der Waals surface area contributed by atoms with E-state index >= 15 is 0 Å². The summed E-state index contributed by atoms with van der Waals surface area (Å²) in [6, 6.07) is 23.9. The second kappa shape index (κ2) is 11.6. The maximum atomic E-state index is 4.80. The van der Waals surface area contributed by atoms with E-state index in [9.17, 15) is 0 Å². The number of nitrogens with one attached hydrogen (secondary N) is 1. The molecule has 0 unspecified atom stereocenters. The Morgan fingerprint density at radius 1 is 0.969 bits per heavy atom. The normalized spacial score (nSPS) is 14.2. The molecule has 1 N–H and O–H groups in total. The molecule has 1 aromatic heterocycles. The molecule has 1 aliphatic rings. The minimum Gasteiger partial charge on any atom is -0.384 e. The molecule has 4 rings (SSSR count). The lowest BCUT2D eigenvalue weighted by Crippen LogP contribution is -2.30. The molecule has 2 aromatic carbocycles. The lowest BCUT2D eigenvalue weighted by atomic mass is 9.99. The molecule has 1 aliphatic heterocycles. The molecule has 0 atom stereocenters. The van der Waals surface area contributed by atoms with Crippen molar-refractivity contribution in [1.82, 2.24) is 15.2 Å². The van der Waals surface area contributed by atoms with Crippen LogP contribution < -0.4 is 5.32 Å². The van der Waals surface area contributed by atoms with E-state index in [2.05, 4.69) is 89.9 Å². The van der Waals surface area contributed by atoms with Crippen LogP contribution in [0.1, 0.15) is 54.1 Å². The van der Waals surface area contributed by atoms with Crippen molar-refractivity contribution in [2.45, 2.75) is 52.1 Å². The van der Waals surface area contributed by atoms with Gasteiger partial charge in [0.2, 0.25) is 0 Å². The Labute approximate surface area is 193 Å². The average molecular weight is 426 g/mol. The van der Waals surface area contributed by atoms with Gasteiger partial charge >= 0.3 is 0 Å². The number of benzene rings is 2. The Morgan fingerprint density at radius 2 is 1.78 bits per heavy atom. The number of hydrogen-bond acceptors (Lipinski definition) is 3. The van der Waals surface area contributed by atoms with Gasteiger partial charge in [0.25, 0.3) is 0 Å². The summed E-state index contributed by atoms with van der Waals surface area (Å²) in [7, 11) is 0. The second-order valence-electron chi connectivity index (χ2n) is 8.64. The Balaban J connectivity index is 1.36. The van der Waals surface area contributed by atoms with Crippen LogP contribution >= 0.6 is 0 Å². The van der Waals surface area contributed by atoms with Crippen molar-refractivity contribution < 1.29 is 0 Å². The quantitative estimate of drug-likeness (QED) is 0.404. The van der Waals surface area contributed by atoms with Crippen LogP contribution in [0.2, 0.25) is 0 Å². The maximum absolute atomic E-state index is 4.80. The lowest BCUT2D eigenvalue weighted by Gasteiger charge is -2.29. The molecular formula is C29H35N3. The van der Waals surface area contributed by atoms with Gasteiger partial charge in [0, 0.05) is 32.4 Å². The molecule has 0 saturated carbocycles. The van der Waals surface area contributed by atoms with Gasteiger partial charge in [-0.2, -0.15) is 0 Å². The zero-order chi connectivity index (χ0) is 22.0. The molecule has 0 bridgehead atoms. The molecule has 3 nitrogen and oxygen atoms in total. The van der Waals surface area contributed by atoms with E-state index in [1.807, 2.05) is 6.20 Å². The first-order valence-electron chi connectivity index (χ1n) is 12.0. The van der Waals surface area contributed by atoms with Gasteiger partial charge < -0.3 is 5.32 Å². The molecule has 0 aliphatic carbocycles. The van der Waals surface area contributed by atoms with E-state index in [4.69, 9.17) is 4.98 Å². The topological polar surface area (TPSA) is 28.2 Å². The number of fused-ring (bicyclic) bond motifs is 1. The smallest absolute Gasteiger partial charge is 0.0902 e. The molecular weight excluding hydrogens is 390 g/mol. The van der Waals surface area contributed by atoms with E-state index < -0.39 is 0 Å². The fourth-order valence-corrected chi connectivity index (χ4v) is 4.52. The standard InChI is InChI=1S/C29H35N3/c1-2-11-28(30-19-9-8-14-24-12-4-3-5-13-24)29-27(17-10-20-31-29)23-32-21-18-25-15-6-7-16-26(25)22-32/h3-7,10-13,15-17,20,30H,2,8-9,14,18-19,21-23H2,1H3/b28-11+. The Bertz CT molecular complexity index is 1010. The molecule has 3 heteroatoms. The van der Waals surface area contributed by atoms with Crippen LogP contribution in [-0.2, 0) is 25.9 Å². The monoisotopic (exact) mass is 425 g/mol. The molecule has 0 spiro atoms. The molecule has 0 radical (unpaired) electrons. The second-order valence-corrected chi connectivity index (χ2v) is 8.64. The van der Waals surface area contributed by atoms with Gasteiger partial charge in [-0.1, -0.05) is 73.7 Å². The van der Waals surface area contributed by atoms with Gasteiger partial charge in [-0.25, -0.2) is 0 Å². The van der Waals surface area contributed by atoms with Crippen molar-refractivity contribution in [1.29, 1.82) is 0 Å². The molecule has 32 heavy (non-hydrogen) atoms. The SMILES string of the molecule is CC/C=C(/NCCCCc1ccccc1)c1ncccc1CN1CCc2ccccc2C1. The zero-order valence-electron chi connectivity index (χ0n) is 19.3. The van der Waals surface area contributed by atoms with Crippen LogP contribution in [0, 0.1) is 0 Å². The predicted octanol–water partition coefficient (Wildman–Crippen LogP) is 6.00. The number of aromatic nitrogens is 1. The van der Waals surface area contributed by atoms with Crippen LogP contribution in [0.15, 0.2) is 79.0 Å². The molecule has 3 aromatic rings. The number of pyridine rings is 1. The zero-order valence-corrected chi connectivity index (χ0v) is 19.3. The van der Waals surface area contributed by atoms with Crippen molar-refractivity contribution in [2.24, 2.45) is 0 Å². The first-order chi connectivity index (χ1) is 15.8. The van der Waals surface area contributed by atoms with Gasteiger partial charge in [-0.05, 0) is 60.4 Å². The van der Waals surface area contributed by atoms with Crippen LogP contribution in [0.4, 0.5) is 0 Å². The van der Waals surface area contributed by atoms with Crippen LogP contribution in [0.5, 0.6) is 0 Å². The summed E-state index contributed by atoms with van der Waals surface area (Å²) in [6.45, 7) is 6.23. The van der Waals surface area contributed by atoms with Crippen LogP contribution in [0.25, 0.3) is 5.70 Å². The highest BCUT2D eigenvalue weighted by molar-refractivity contribution is 5.63. The molecule has 2 heterocycles. The summed E-state index contributed by atoms with van der Waals surface area (Å²) < 4.78 is 0. The molecule has 0 saturated heterocycles. The van der Waals surface area contributed by atoms with Crippen LogP contribution in [-0.4, -0.2) is 23.0 Å². The summed E-state index contributed by atoms with van der Waals surface area (Å²) in [5.41, 5.74) is 7.98. The number of hydrogen-bond donors (Lipinski definition) is 1. The third-order valence-electron chi connectivity index (χ3n) is 6.21. The van der Waals surface area contributed by atoms with Gasteiger partial charge in [0.1, 0.15) is 0 Å². The molecule has 0 amide bonds. The van der Waals surface area contributed by atoms with Gasteiger partial charge in [0.05, 0.1) is 11.4 Å². The predicted molar refractivity (Wildman–Crippen MR) is 134 cm³/mol. The van der Waals surface area contributed by atoms with Crippen molar-refractivity contribution in [2.75, 3.05) is 13.1 Å². The fourth-order valence-electron chi connectivity index (χ4n) is 4.52. The Hall–Kier alpha value is -2.91. The number of unbranched alkanes of at least 4 members (excludes halogenated alkanes) is 1. The highest BCUT2D eigenvalue weighted by atomic mass is 15.1. The van der Waals surface area contributed by atoms with Gasteiger partial charge in [0.15, 0.2) is 0 Å². The Kier molecular flexibility index (Phi) is 8.11. The largest absolute Gasteiger partial charge is 0.384 e. The van der Waals surface area contributed by atoms with Gasteiger partial charge in [-0.15, -0.1) is 0 Å². The summed E-state index contributed by atoms with van der Waals surface area (Å²) in [5, 5.41) is 3.70. The summed E-state index contributed by atoms with van der Waals surface area (Å²) in [6.07, 6.45) is 9.82. The summed E-state index contributed by atoms with van der Waals surface area (Å²) >= 11 is 0. The minimum absolute atomic E-state index is 0.939. The van der Waals surface area contributed by atoms with Crippen molar-refractivity contribution in [3.63, 3.8) is 0 Å². The number of allylic oxidation sites excluding steroid dienone is 1. The van der Waals surface area contributed by atoms with E-state index in [0.717, 1.165) is 57.6 Å². The Morgan fingerprint density at radius 3 is 2.62 bits per heavy atom.